The van der Waals surface area contributed by atoms with Gasteiger partial charge in [0.1, 0.15) is 5.75 Å². The van der Waals surface area contributed by atoms with Gasteiger partial charge in [0.2, 0.25) is 0 Å². The highest BCUT2D eigenvalue weighted by molar-refractivity contribution is 6.06. The molecule has 0 aliphatic carbocycles. The minimum atomic E-state index is -0.162. The molecule has 0 radical (unpaired) electrons. The lowest BCUT2D eigenvalue weighted by Gasteiger charge is -2.08. The second kappa shape index (κ2) is 6.36. The molecule has 3 aromatic rings. The van der Waals surface area contributed by atoms with Crippen LogP contribution in [0, 0.1) is 6.92 Å². The topological polar surface area (TPSA) is 67.0 Å². The molecule has 0 saturated heterocycles. The third kappa shape index (κ3) is 3.08. The fourth-order valence-corrected chi connectivity index (χ4v) is 2.33. The summed E-state index contributed by atoms with van der Waals surface area (Å²) in [5.41, 5.74) is 3.72. The van der Waals surface area contributed by atoms with E-state index in [1.165, 1.54) is 0 Å². The van der Waals surface area contributed by atoms with Crippen LogP contribution in [0.4, 0.5) is 5.69 Å². The molecular formula is C18H17N3O2. The maximum atomic E-state index is 12.4. The monoisotopic (exact) mass is 307 g/mol. The van der Waals surface area contributed by atoms with Crippen molar-refractivity contribution >= 4 is 11.6 Å². The normalized spacial score (nSPS) is 10.3. The molecule has 0 atom stereocenters. The van der Waals surface area contributed by atoms with Crippen LogP contribution in [0.3, 0.4) is 0 Å². The molecule has 3 rings (SSSR count). The Kier molecular flexibility index (Phi) is 4.10. The Morgan fingerprint density at radius 1 is 1.09 bits per heavy atom. The van der Waals surface area contributed by atoms with E-state index in [0.29, 0.717) is 11.3 Å². The first-order valence-corrected chi connectivity index (χ1v) is 7.25. The minimum absolute atomic E-state index is 0.162. The summed E-state index contributed by atoms with van der Waals surface area (Å²) in [4.78, 5) is 12.4. The van der Waals surface area contributed by atoms with Crippen molar-refractivity contribution in [3.63, 3.8) is 0 Å². The average molecular weight is 307 g/mol. The van der Waals surface area contributed by atoms with E-state index >= 15 is 0 Å². The molecule has 0 fully saturated rings. The number of aromatic nitrogens is 2. The molecule has 2 N–H and O–H groups in total. The number of benzene rings is 2. The van der Waals surface area contributed by atoms with E-state index in [4.69, 9.17) is 4.74 Å². The number of nitrogens with zero attached hydrogens (tertiary/aromatic N) is 1. The van der Waals surface area contributed by atoms with E-state index in [9.17, 15) is 4.79 Å². The molecule has 2 aromatic carbocycles. The second-order valence-electron chi connectivity index (χ2n) is 5.11. The molecular weight excluding hydrogens is 290 g/mol. The van der Waals surface area contributed by atoms with Crippen molar-refractivity contribution in [1.29, 1.82) is 0 Å². The quantitative estimate of drug-likeness (QED) is 0.773. The van der Waals surface area contributed by atoms with Gasteiger partial charge in [0.15, 0.2) is 0 Å². The Hall–Kier alpha value is -3.08. The number of anilines is 1. The first-order chi connectivity index (χ1) is 11.2. The minimum Gasteiger partial charge on any atom is -0.497 e. The average Bonchev–Trinajstić information content (AvgIpc) is 2.96. The largest absolute Gasteiger partial charge is 0.497 e. The van der Waals surface area contributed by atoms with Gasteiger partial charge in [0.05, 0.1) is 24.2 Å². The third-order valence-electron chi connectivity index (χ3n) is 3.60. The van der Waals surface area contributed by atoms with Gasteiger partial charge in [-0.2, -0.15) is 5.10 Å². The number of ether oxygens (including phenoxy) is 1. The summed E-state index contributed by atoms with van der Waals surface area (Å²) in [6.07, 6.45) is 0. The summed E-state index contributed by atoms with van der Waals surface area (Å²) in [7, 11) is 1.63. The number of H-pyrrole nitrogens is 1. The zero-order chi connectivity index (χ0) is 16.2. The molecule has 0 spiro atoms. The molecule has 116 valence electrons. The van der Waals surface area contributed by atoms with Crippen molar-refractivity contribution in [3.05, 3.63) is 65.9 Å². The van der Waals surface area contributed by atoms with E-state index in [0.717, 1.165) is 22.7 Å². The molecule has 1 aromatic heterocycles. The van der Waals surface area contributed by atoms with Crippen LogP contribution in [-0.4, -0.2) is 23.2 Å². The lowest BCUT2D eigenvalue weighted by atomic mass is 10.1. The highest BCUT2D eigenvalue weighted by Gasteiger charge is 2.15. The van der Waals surface area contributed by atoms with Crippen LogP contribution in [-0.2, 0) is 0 Å². The van der Waals surface area contributed by atoms with Gasteiger partial charge in [-0.3, -0.25) is 9.89 Å². The van der Waals surface area contributed by atoms with Crippen molar-refractivity contribution in [2.45, 2.75) is 6.92 Å². The predicted molar refractivity (Wildman–Crippen MR) is 89.7 cm³/mol. The van der Waals surface area contributed by atoms with Crippen LogP contribution in [0.25, 0.3) is 11.3 Å². The third-order valence-corrected chi connectivity index (χ3v) is 3.60. The standard InChI is InChI=1S/C18H17N3O2/c1-12-16(19-18(22)14-6-4-3-5-7-14)17(21-20-12)13-8-10-15(23-2)11-9-13/h3-11H,1-2H3,(H,19,22)(H,20,21). The summed E-state index contributed by atoms with van der Waals surface area (Å²) >= 11 is 0. The number of hydrogen-bond acceptors (Lipinski definition) is 3. The zero-order valence-electron chi connectivity index (χ0n) is 13.0. The Labute approximate surface area is 134 Å². The van der Waals surface area contributed by atoms with Crippen molar-refractivity contribution in [2.75, 3.05) is 12.4 Å². The van der Waals surface area contributed by atoms with E-state index < -0.39 is 0 Å². The van der Waals surface area contributed by atoms with Gasteiger partial charge in [-0.25, -0.2) is 0 Å². The summed E-state index contributed by atoms with van der Waals surface area (Å²) in [6.45, 7) is 1.85. The number of rotatable bonds is 4. The SMILES string of the molecule is COc1ccc(-c2[nH]nc(C)c2NC(=O)c2ccccc2)cc1. The van der Waals surface area contributed by atoms with Crippen molar-refractivity contribution < 1.29 is 9.53 Å². The zero-order valence-corrected chi connectivity index (χ0v) is 13.0. The van der Waals surface area contributed by atoms with Gasteiger partial charge in [-0.15, -0.1) is 0 Å². The first kappa shape index (κ1) is 14.8. The number of hydrogen-bond donors (Lipinski definition) is 2. The molecule has 0 bridgehead atoms. The molecule has 0 unspecified atom stereocenters. The summed E-state index contributed by atoms with van der Waals surface area (Å²) in [6, 6.07) is 16.7. The number of carbonyl (C=O) groups excluding carboxylic acids is 1. The van der Waals surface area contributed by atoms with Crippen LogP contribution in [0.15, 0.2) is 54.6 Å². The molecule has 1 amide bonds. The number of aromatic amines is 1. The van der Waals surface area contributed by atoms with Gasteiger partial charge in [-0.05, 0) is 43.3 Å². The Bertz CT molecular complexity index is 808. The fraction of sp³-hybridized carbons (Fsp3) is 0.111. The lowest BCUT2D eigenvalue weighted by Crippen LogP contribution is -2.12. The van der Waals surface area contributed by atoms with Crippen LogP contribution in [0.2, 0.25) is 0 Å². The van der Waals surface area contributed by atoms with Gasteiger partial charge in [0.25, 0.3) is 5.91 Å². The summed E-state index contributed by atoms with van der Waals surface area (Å²) in [5, 5.41) is 10.1. The number of aryl methyl sites for hydroxylation is 1. The molecule has 5 nitrogen and oxygen atoms in total. The van der Waals surface area contributed by atoms with Crippen molar-refractivity contribution in [3.8, 4) is 17.0 Å². The molecule has 0 aliphatic heterocycles. The molecule has 0 saturated carbocycles. The van der Waals surface area contributed by atoms with E-state index in [1.54, 1.807) is 19.2 Å². The molecule has 23 heavy (non-hydrogen) atoms. The molecule has 0 aliphatic rings. The van der Waals surface area contributed by atoms with Crippen LogP contribution in [0.5, 0.6) is 5.75 Å². The Morgan fingerprint density at radius 2 is 1.78 bits per heavy atom. The maximum absolute atomic E-state index is 12.4. The summed E-state index contributed by atoms with van der Waals surface area (Å²) in [5.74, 6) is 0.615. The first-order valence-electron chi connectivity index (χ1n) is 7.25. The van der Waals surface area contributed by atoms with E-state index in [2.05, 4.69) is 15.5 Å². The van der Waals surface area contributed by atoms with Crippen LogP contribution in [0.1, 0.15) is 16.1 Å². The Balaban J connectivity index is 1.91. The highest BCUT2D eigenvalue weighted by atomic mass is 16.5. The number of carbonyl (C=O) groups is 1. The van der Waals surface area contributed by atoms with Gasteiger partial charge in [0, 0.05) is 11.1 Å². The van der Waals surface area contributed by atoms with E-state index in [1.807, 2.05) is 49.4 Å². The van der Waals surface area contributed by atoms with Crippen LogP contribution >= 0.6 is 0 Å². The molecule has 1 heterocycles. The lowest BCUT2D eigenvalue weighted by molar-refractivity contribution is 0.102. The number of nitrogens with one attached hydrogen (secondary N) is 2. The summed E-state index contributed by atoms with van der Waals surface area (Å²) < 4.78 is 5.17. The number of amides is 1. The van der Waals surface area contributed by atoms with Gasteiger partial charge < -0.3 is 10.1 Å². The van der Waals surface area contributed by atoms with Crippen molar-refractivity contribution in [2.24, 2.45) is 0 Å². The smallest absolute Gasteiger partial charge is 0.255 e. The second-order valence-corrected chi connectivity index (χ2v) is 5.11. The number of methoxy groups -OCH3 is 1. The van der Waals surface area contributed by atoms with E-state index in [-0.39, 0.29) is 5.91 Å². The maximum Gasteiger partial charge on any atom is 0.255 e. The highest BCUT2D eigenvalue weighted by Crippen LogP contribution is 2.30. The van der Waals surface area contributed by atoms with Gasteiger partial charge in [-0.1, -0.05) is 18.2 Å². The molecule has 5 heteroatoms. The fourth-order valence-electron chi connectivity index (χ4n) is 2.33. The van der Waals surface area contributed by atoms with Gasteiger partial charge >= 0.3 is 0 Å². The van der Waals surface area contributed by atoms with Crippen molar-refractivity contribution in [1.82, 2.24) is 10.2 Å². The Morgan fingerprint density at radius 3 is 2.43 bits per heavy atom. The predicted octanol–water partition coefficient (Wildman–Crippen LogP) is 3.65. The van der Waals surface area contributed by atoms with Crippen LogP contribution < -0.4 is 10.1 Å².